The van der Waals surface area contributed by atoms with Crippen LogP contribution in [0, 0.1) is 0 Å². The largest absolute Gasteiger partial charge is 0.256 e. The average Bonchev–Trinajstić information content (AvgIpc) is 2.20. The number of rotatable bonds is 1. The SMILES string of the molecule is FC1CCCCB1c1ccccc1. The Labute approximate surface area is 79.2 Å². The topological polar surface area (TPSA) is 0 Å². The van der Waals surface area contributed by atoms with Crippen LogP contribution in [0.4, 0.5) is 4.39 Å². The molecule has 1 aliphatic heterocycles. The highest BCUT2D eigenvalue weighted by Gasteiger charge is 2.29. The summed E-state index contributed by atoms with van der Waals surface area (Å²) in [5.74, 6) is 0. The summed E-state index contributed by atoms with van der Waals surface area (Å²) in [6, 6.07) is 10.1. The van der Waals surface area contributed by atoms with Gasteiger partial charge in [-0.25, -0.2) is 0 Å². The van der Waals surface area contributed by atoms with E-state index in [1.165, 1.54) is 11.9 Å². The molecule has 1 atom stereocenters. The molecule has 0 aliphatic carbocycles. The lowest BCUT2D eigenvalue weighted by Gasteiger charge is -2.22. The van der Waals surface area contributed by atoms with Crippen molar-refractivity contribution in [3.63, 3.8) is 0 Å². The Morgan fingerprint density at radius 3 is 2.62 bits per heavy atom. The molecule has 13 heavy (non-hydrogen) atoms. The fourth-order valence-electron chi connectivity index (χ4n) is 2.16. The molecule has 0 spiro atoms. The molecule has 0 N–H and O–H groups in total. The predicted octanol–water partition coefficient (Wildman–Crippen LogP) is 2.45. The maximum absolute atomic E-state index is 13.5. The molecule has 0 amide bonds. The zero-order valence-corrected chi connectivity index (χ0v) is 7.75. The van der Waals surface area contributed by atoms with Crippen LogP contribution in [0.25, 0.3) is 0 Å². The van der Waals surface area contributed by atoms with E-state index in [4.69, 9.17) is 0 Å². The van der Waals surface area contributed by atoms with Gasteiger partial charge in [0, 0.05) is 0 Å². The number of hydrogen-bond acceptors (Lipinski definition) is 0. The Kier molecular flexibility index (Phi) is 2.67. The van der Waals surface area contributed by atoms with Gasteiger partial charge in [-0.15, -0.1) is 0 Å². The van der Waals surface area contributed by atoms with Crippen molar-refractivity contribution >= 4 is 12.2 Å². The first kappa shape index (κ1) is 8.80. The quantitative estimate of drug-likeness (QED) is 0.576. The minimum atomic E-state index is -0.615. The summed E-state index contributed by atoms with van der Waals surface area (Å²) in [6.07, 6.45) is 3.39. The molecule has 0 bridgehead atoms. The van der Waals surface area contributed by atoms with Crippen LogP contribution in [0.1, 0.15) is 19.3 Å². The van der Waals surface area contributed by atoms with Crippen LogP contribution < -0.4 is 5.46 Å². The summed E-state index contributed by atoms with van der Waals surface area (Å²) in [5.41, 5.74) is 1.18. The van der Waals surface area contributed by atoms with E-state index in [0.717, 1.165) is 19.2 Å². The van der Waals surface area contributed by atoms with E-state index in [2.05, 4.69) is 0 Å². The van der Waals surface area contributed by atoms with Gasteiger partial charge in [0.25, 0.3) is 0 Å². The zero-order chi connectivity index (χ0) is 9.10. The summed E-state index contributed by atoms with van der Waals surface area (Å²) in [6.45, 7) is 0.162. The molecule has 1 saturated heterocycles. The lowest BCUT2D eigenvalue weighted by Crippen LogP contribution is -2.41. The molecule has 1 aromatic rings. The van der Waals surface area contributed by atoms with E-state index >= 15 is 0 Å². The van der Waals surface area contributed by atoms with Crippen molar-refractivity contribution in [2.45, 2.75) is 31.7 Å². The van der Waals surface area contributed by atoms with Crippen LogP contribution in [0.5, 0.6) is 0 Å². The van der Waals surface area contributed by atoms with Gasteiger partial charge in [-0.2, -0.15) is 0 Å². The molecular formula is C11H14BF. The second kappa shape index (κ2) is 3.95. The van der Waals surface area contributed by atoms with Crippen LogP contribution in [0.15, 0.2) is 30.3 Å². The normalized spacial score (nSPS) is 23.2. The molecular weight excluding hydrogens is 162 g/mol. The third kappa shape index (κ3) is 1.93. The molecule has 2 heteroatoms. The minimum Gasteiger partial charge on any atom is -0.256 e. The highest BCUT2D eigenvalue weighted by Crippen LogP contribution is 2.20. The molecule has 1 aromatic carbocycles. The molecule has 0 nitrogen and oxygen atoms in total. The lowest BCUT2D eigenvalue weighted by molar-refractivity contribution is 0.386. The van der Waals surface area contributed by atoms with Gasteiger partial charge in [0.2, 0.25) is 6.71 Å². The summed E-state index contributed by atoms with van der Waals surface area (Å²) in [4.78, 5) is 0. The van der Waals surface area contributed by atoms with Crippen molar-refractivity contribution < 1.29 is 4.39 Å². The lowest BCUT2D eigenvalue weighted by atomic mass is 9.36. The van der Waals surface area contributed by atoms with Gasteiger partial charge in [0.1, 0.15) is 0 Å². The molecule has 1 aliphatic rings. The molecule has 0 radical (unpaired) electrons. The smallest absolute Gasteiger partial charge is 0.216 e. The first-order valence-corrected chi connectivity index (χ1v) is 5.07. The predicted molar refractivity (Wildman–Crippen MR) is 55.4 cm³/mol. The summed E-state index contributed by atoms with van der Waals surface area (Å²) in [5, 5.41) is 0. The molecule has 1 fully saturated rings. The minimum absolute atomic E-state index is 0.162. The molecule has 2 rings (SSSR count). The van der Waals surface area contributed by atoms with Gasteiger partial charge < -0.3 is 0 Å². The van der Waals surface area contributed by atoms with Crippen LogP contribution >= 0.6 is 0 Å². The van der Waals surface area contributed by atoms with Crippen LogP contribution in [-0.2, 0) is 0 Å². The second-order valence-corrected chi connectivity index (χ2v) is 3.82. The summed E-state index contributed by atoms with van der Waals surface area (Å²) >= 11 is 0. The molecule has 1 heterocycles. The van der Waals surface area contributed by atoms with E-state index in [-0.39, 0.29) is 6.71 Å². The Bertz CT molecular complexity index is 260. The third-order valence-electron chi connectivity index (χ3n) is 2.91. The van der Waals surface area contributed by atoms with Crippen LogP contribution in [0.3, 0.4) is 0 Å². The zero-order valence-electron chi connectivity index (χ0n) is 7.75. The first-order valence-electron chi connectivity index (χ1n) is 5.07. The highest BCUT2D eigenvalue weighted by atomic mass is 19.1. The maximum atomic E-state index is 13.5. The van der Waals surface area contributed by atoms with Gasteiger partial charge in [-0.05, 0) is 6.42 Å². The molecule has 1 unspecified atom stereocenters. The average molecular weight is 176 g/mol. The second-order valence-electron chi connectivity index (χ2n) is 3.82. The van der Waals surface area contributed by atoms with Crippen molar-refractivity contribution in [1.82, 2.24) is 0 Å². The van der Waals surface area contributed by atoms with E-state index in [1.807, 2.05) is 30.3 Å². The van der Waals surface area contributed by atoms with E-state index in [1.54, 1.807) is 0 Å². The van der Waals surface area contributed by atoms with Crippen molar-refractivity contribution in [3.05, 3.63) is 30.3 Å². The van der Waals surface area contributed by atoms with Crippen LogP contribution in [0.2, 0.25) is 6.32 Å². The fraction of sp³-hybridized carbons (Fsp3) is 0.455. The van der Waals surface area contributed by atoms with Crippen molar-refractivity contribution in [3.8, 4) is 0 Å². The molecule has 0 saturated carbocycles. The highest BCUT2D eigenvalue weighted by molar-refractivity contribution is 6.74. The number of alkyl halides is 1. The summed E-state index contributed by atoms with van der Waals surface area (Å²) in [7, 11) is 0. The van der Waals surface area contributed by atoms with E-state index < -0.39 is 6.07 Å². The van der Waals surface area contributed by atoms with Crippen molar-refractivity contribution in [1.29, 1.82) is 0 Å². The van der Waals surface area contributed by atoms with Gasteiger partial charge in [0.15, 0.2) is 0 Å². The monoisotopic (exact) mass is 176 g/mol. The van der Waals surface area contributed by atoms with Crippen LogP contribution in [-0.4, -0.2) is 12.8 Å². The number of benzene rings is 1. The first-order chi connectivity index (χ1) is 6.38. The van der Waals surface area contributed by atoms with Crippen molar-refractivity contribution in [2.24, 2.45) is 0 Å². The summed E-state index contributed by atoms with van der Waals surface area (Å²) < 4.78 is 13.5. The standard InChI is InChI=1S/C11H14BF/c13-11-8-4-5-9-12(11)10-6-2-1-3-7-10/h1-3,6-7,11H,4-5,8-9H2. The van der Waals surface area contributed by atoms with E-state index in [9.17, 15) is 4.39 Å². The van der Waals surface area contributed by atoms with Gasteiger partial charge in [0.05, 0.1) is 6.07 Å². The van der Waals surface area contributed by atoms with E-state index in [0.29, 0.717) is 0 Å². The molecule has 0 aromatic heterocycles. The Morgan fingerprint density at radius 2 is 1.92 bits per heavy atom. The van der Waals surface area contributed by atoms with Gasteiger partial charge >= 0.3 is 0 Å². The Morgan fingerprint density at radius 1 is 1.15 bits per heavy atom. The Balaban J connectivity index is 2.15. The van der Waals surface area contributed by atoms with Gasteiger partial charge in [-0.1, -0.05) is 55.0 Å². The molecule has 68 valence electrons. The maximum Gasteiger partial charge on any atom is 0.216 e. The number of hydrogen-bond donors (Lipinski definition) is 0. The third-order valence-corrected chi connectivity index (χ3v) is 2.91. The number of halogens is 1. The Hall–Kier alpha value is -0.785. The fourth-order valence-corrected chi connectivity index (χ4v) is 2.16. The van der Waals surface area contributed by atoms with Gasteiger partial charge in [-0.3, -0.25) is 4.39 Å². The van der Waals surface area contributed by atoms with Crippen molar-refractivity contribution in [2.75, 3.05) is 0 Å².